The molecule has 1 atom stereocenters. The van der Waals surface area contributed by atoms with Gasteiger partial charge in [-0.2, -0.15) is 0 Å². The van der Waals surface area contributed by atoms with Crippen molar-refractivity contribution in [2.45, 2.75) is 26.3 Å². The van der Waals surface area contributed by atoms with Crippen LogP contribution in [0.25, 0.3) is 10.9 Å². The second-order valence-electron chi connectivity index (χ2n) is 5.57. The van der Waals surface area contributed by atoms with Crippen LogP contribution in [0.1, 0.15) is 30.8 Å². The highest BCUT2D eigenvalue weighted by Crippen LogP contribution is 2.12. The van der Waals surface area contributed by atoms with Crippen LogP contribution in [0, 0.1) is 5.92 Å². The fourth-order valence-electron chi connectivity index (χ4n) is 2.25. The third-order valence-electron chi connectivity index (χ3n) is 3.33. The minimum Gasteiger partial charge on any atom is -0.467 e. The number of hydrogen-bond acceptors (Lipinski definition) is 4. The molecule has 0 saturated heterocycles. The van der Waals surface area contributed by atoms with Gasteiger partial charge >= 0.3 is 5.97 Å². The van der Waals surface area contributed by atoms with E-state index in [4.69, 9.17) is 4.74 Å². The maximum atomic E-state index is 12.3. The number of pyridine rings is 1. The number of carbonyl (C=O) groups excluding carboxylic acids is 2. The molecule has 116 valence electrons. The fraction of sp³-hybridized carbons (Fsp3) is 0.353. The third kappa shape index (κ3) is 3.81. The monoisotopic (exact) mass is 300 g/mol. The number of methoxy groups -OCH3 is 1. The first-order chi connectivity index (χ1) is 10.5. The Balaban J connectivity index is 2.19. The predicted octanol–water partition coefficient (Wildman–Crippen LogP) is 2.55. The van der Waals surface area contributed by atoms with Gasteiger partial charge in [0.25, 0.3) is 5.91 Å². The smallest absolute Gasteiger partial charge is 0.328 e. The zero-order valence-electron chi connectivity index (χ0n) is 13.0. The highest BCUT2D eigenvalue weighted by Gasteiger charge is 2.23. The van der Waals surface area contributed by atoms with Gasteiger partial charge in [0.1, 0.15) is 11.7 Å². The Morgan fingerprint density at radius 2 is 1.91 bits per heavy atom. The molecule has 0 radical (unpaired) electrons. The van der Waals surface area contributed by atoms with Crippen LogP contribution in [0.15, 0.2) is 36.4 Å². The molecule has 1 amide bonds. The van der Waals surface area contributed by atoms with Crippen LogP contribution in [0.5, 0.6) is 0 Å². The molecule has 0 saturated carbocycles. The summed E-state index contributed by atoms with van der Waals surface area (Å²) < 4.78 is 4.75. The summed E-state index contributed by atoms with van der Waals surface area (Å²) in [7, 11) is 1.32. The highest BCUT2D eigenvalue weighted by molar-refractivity contribution is 5.97. The van der Waals surface area contributed by atoms with Gasteiger partial charge in [0.2, 0.25) is 0 Å². The number of aromatic nitrogens is 1. The van der Waals surface area contributed by atoms with E-state index in [1.807, 2.05) is 44.2 Å². The van der Waals surface area contributed by atoms with Crippen molar-refractivity contribution in [3.8, 4) is 0 Å². The Bertz CT molecular complexity index is 682. The van der Waals surface area contributed by atoms with E-state index >= 15 is 0 Å². The molecule has 5 heteroatoms. The zero-order chi connectivity index (χ0) is 16.1. The molecular weight excluding hydrogens is 280 g/mol. The quantitative estimate of drug-likeness (QED) is 0.862. The second-order valence-corrected chi connectivity index (χ2v) is 5.57. The lowest BCUT2D eigenvalue weighted by Crippen LogP contribution is -2.42. The van der Waals surface area contributed by atoms with Crippen molar-refractivity contribution < 1.29 is 14.3 Å². The van der Waals surface area contributed by atoms with E-state index in [9.17, 15) is 9.59 Å². The highest BCUT2D eigenvalue weighted by atomic mass is 16.5. The van der Waals surface area contributed by atoms with Crippen LogP contribution in [0.3, 0.4) is 0 Å². The van der Waals surface area contributed by atoms with Crippen LogP contribution in [0.2, 0.25) is 0 Å². The molecule has 0 fully saturated rings. The summed E-state index contributed by atoms with van der Waals surface area (Å²) in [5.74, 6) is -0.557. The lowest BCUT2D eigenvalue weighted by Gasteiger charge is -2.18. The first-order valence-electron chi connectivity index (χ1n) is 7.25. The molecule has 1 aromatic heterocycles. The SMILES string of the molecule is COC(=O)C(CC(C)C)NC(=O)c1ccc2ccccc2n1. The lowest BCUT2D eigenvalue weighted by atomic mass is 10.0. The number of fused-ring (bicyclic) bond motifs is 1. The minimum atomic E-state index is -0.661. The van der Waals surface area contributed by atoms with Gasteiger partial charge in [-0.25, -0.2) is 9.78 Å². The largest absolute Gasteiger partial charge is 0.467 e. The number of ether oxygens (including phenoxy) is 1. The summed E-state index contributed by atoms with van der Waals surface area (Å²) in [6.07, 6.45) is 0.520. The number of rotatable bonds is 5. The van der Waals surface area contributed by atoms with Crippen LogP contribution >= 0.6 is 0 Å². The standard InChI is InChI=1S/C17H20N2O3/c1-11(2)10-15(17(21)22-3)19-16(20)14-9-8-12-6-4-5-7-13(12)18-14/h4-9,11,15H,10H2,1-3H3,(H,19,20). The van der Waals surface area contributed by atoms with Gasteiger partial charge in [-0.1, -0.05) is 38.1 Å². The Morgan fingerprint density at radius 1 is 1.18 bits per heavy atom. The Labute approximate surface area is 129 Å². The van der Waals surface area contributed by atoms with Crippen LogP contribution in [0.4, 0.5) is 0 Å². The van der Waals surface area contributed by atoms with E-state index in [-0.39, 0.29) is 17.5 Å². The summed E-state index contributed by atoms with van der Waals surface area (Å²) in [4.78, 5) is 28.4. The molecule has 1 heterocycles. The van der Waals surface area contributed by atoms with Gasteiger partial charge in [0, 0.05) is 5.39 Å². The molecule has 0 aliphatic rings. The fourth-order valence-corrected chi connectivity index (χ4v) is 2.25. The average Bonchev–Trinajstić information content (AvgIpc) is 2.52. The van der Waals surface area contributed by atoms with Crippen LogP contribution in [-0.2, 0) is 9.53 Å². The van der Waals surface area contributed by atoms with Gasteiger partial charge in [-0.05, 0) is 24.5 Å². The van der Waals surface area contributed by atoms with Crippen molar-refractivity contribution in [1.29, 1.82) is 0 Å². The molecule has 1 N–H and O–H groups in total. The predicted molar refractivity (Wildman–Crippen MR) is 84.5 cm³/mol. The van der Waals surface area contributed by atoms with E-state index < -0.39 is 12.0 Å². The van der Waals surface area contributed by atoms with Gasteiger partial charge < -0.3 is 10.1 Å². The lowest BCUT2D eigenvalue weighted by molar-refractivity contribution is -0.143. The van der Waals surface area contributed by atoms with Gasteiger partial charge in [-0.3, -0.25) is 4.79 Å². The zero-order valence-corrected chi connectivity index (χ0v) is 13.0. The molecule has 5 nitrogen and oxygen atoms in total. The van der Waals surface area contributed by atoms with Crippen LogP contribution < -0.4 is 5.32 Å². The van der Waals surface area contributed by atoms with E-state index in [0.29, 0.717) is 6.42 Å². The minimum absolute atomic E-state index is 0.258. The number of carbonyl (C=O) groups is 2. The van der Waals surface area contributed by atoms with Crippen molar-refractivity contribution in [1.82, 2.24) is 10.3 Å². The van der Waals surface area contributed by atoms with E-state index in [1.54, 1.807) is 6.07 Å². The van der Waals surface area contributed by atoms with Crippen LogP contribution in [-0.4, -0.2) is 30.0 Å². The molecule has 0 aliphatic heterocycles. The Hall–Kier alpha value is -2.43. The molecule has 0 spiro atoms. The number of benzene rings is 1. The first kappa shape index (κ1) is 15.9. The topological polar surface area (TPSA) is 68.3 Å². The van der Waals surface area contributed by atoms with E-state index in [2.05, 4.69) is 10.3 Å². The summed E-state index contributed by atoms with van der Waals surface area (Å²) >= 11 is 0. The van der Waals surface area contributed by atoms with Gasteiger partial charge in [-0.15, -0.1) is 0 Å². The maximum Gasteiger partial charge on any atom is 0.328 e. The summed E-state index contributed by atoms with van der Waals surface area (Å²) in [6.45, 7) is 3.97. The molecule has 1 aromatic carbocycles. The van der Waals surface area contributed by atoms with Crippen molar-refractivity contribution >= 4 is 22.8 Å². The molecule has 2 aromatic rings. The summed E-state index contributed by atoms with van der Waals surface area (Å²) in [6, 6.07) is 10.4. The number of hydrogen-bond donors (Lipinski definition) is 1. The molecule has 22 heavy (non-hydrogen) atoms. The Morgan fingerprint density at radius 3 is 2.59 bits per heavy atom. The second kappa shape index (κ2) is 7.02. The van der Waals surface area contributed by atoms with Gasteiger partial charge in [0.05, 0.1) is 12.6 Å². The van der Waals surface area contributed by atoms with Gasteiger partial charge in [0.15, 0.2) is 0 Å². The third-order valence-corrected chi connectivity index (χ3v) is 3.33. The van der Waals surface area contributed by atoms with Crippen molar-refractivity contribution in [3.63, 3.8) is 0 Å². The summed E-state index contributed by atoms with van der Waals surface area (Å²) in [5.41, 5.74) is 1.03. The molecular formula is C17H20N2O3. The maximum absolute atomic E-state index is 12.3. The molecule has 2 rings (SSSR count). The number of nitrogens with zero attached hydrogens (tertiary/aromatic N) is 1. The molecule has 1 unspecified atom stereocenters. The normalized spacial score (nSPS) is 12.2. The Kier molecular flexibility index (Phi) is 5.09. The van der Waals surface area contributed by atoms with Crippen molar-refractivity contribution in [2.75, 3.05) is 7.11 Å². The van der Waals surface area contributed by atoms with Crippen molar-refractivity contribution in [2.24, 2.45) is 5.92 Å². The first-order valence-corrected chi connectivity index (χ1v) is 7.25. The number of amides is 1. The number of para-hydroxylation sites is 1. The molecule has 0 aliphatic carbocycles. The molecule has 0 bridgehead atoms. The summed E-state index contributed by atoms with van der Waals surface area (Å²) in [5, 5.41) is 3.67. The average molecular weight is 300 g/mol. The van der Waals surface area contributed by atoms with E-state index in [0.717, 1.165) is 10.9 Å². The number of esters is 1. The van der Waals surface area contributed by atoms with Crippen molar-refractivity contribution in [3.05, 3.63) is 42.1 Å². The number of nitrogens with one attached hydrogen (secondary N) is 1. The van der Waals surface area contributed by atoms with E-state index in [1.165, 1.54) is 7.11 Å².